The van der Waals surface area contributed by atoms with Crippen LogP contribution in [0.5, 0.6) is 5.75 Å². The molecule has 0 aliphatic carbocycles. The lowest BCUT2D eigenvalue weighted by atomic mass is 10.2. The number of carbonyl (C=O) groups excluding carboxylic acids is 1. The Kier molecular flexibility index (Phi) is 6.50. The van der Waals surface area contributed by atoms with Gasteiger partial charge >= 0.3 is 0 Å². The molecule has 3 rings (SSSR count). The molecule has 3 aromatic rings. The monoisotopic (exact) mass is 431 g/mol. The Morgan fingerprint density at radius 3 is 2.41 bits per heavy atom. The number of rotatable bonds is 8. The highest BCUT2D eigenvalue weighted by Gasteiger charge is 2.17. The van der Waals surface area contributed by atoms with E-state index in [1.807, 2.05) is 24.3 Å². The Bertz CT molecular complexity index is 1050. The average molecular weight is 432 g/mol. The van der Waals surface area contributed by atoms with E-state index in [1.165, 1.54) is 47.4 Å². The number of hydrogen-bond acceptors (Lipinski definition) is 6. The van der Waals surface area contributed by atoms with Crippen LogP contribution in [0.1, 0.15) is 19.4 Å². The smallest absolute Gasteiger partial charge is 0.265 e. The molecule has 0 fully saturated rings. The van der Waals surface area contributed by atoms with Crippen LogP contribution < -0.4 is 14.8 Å². The molecule has 0 aliphatic rings. The summed E-state index contributed by atoms with van der Waals surface area (Å²) in [4.78, 5) is 16.3. The zero-order chi connectivity index (χ0) is 20.9. The number of aryl methyl sites for hydroxylation is 1. The third-order valence-electron chi connectivity index (χ3n) is 4.10. The van der Waals surface area contributed by atoms with Crippen LogP contribution in [0.2, 0.25) is 0 Å². The van der Waals surface area contributed by atoms with Gasteiger partial charge in [-0.1, -0.05) is 19.1 Å². The lowest BCUT2D eigenvalue weighted by Gasteiger charge is -2.15. The molecule has 1 heterocycles. The van der Waals surface area contributed by atoms with Crippen LogP contribution in [0.15, 0.2) is 65.0 Å². The quantitative estimate of drug-likeness (QED) is 0.564. The van der Waals surface area contributed by atoms with Gasteiger partial charge in [0.25, 0.3) is 15.9 Å². The molecule has 1 amide bonds. The number of nitrogens with one attached hydrogen (secondary N) is 2. The van der Waals surface area contributed by atoms with Crippen LogP contribution >= 0.6 is 11.3 Å². The van der Waals surface area contributed by atoms with E-state index in [1.54, 1.807) is 12.3 Å². The normalized spacial score (nSPS) is 12.2. The highest BCUT2D eigenvalue weighted by Crippen LogP contribution is 2.20. The molecule has 0 saturated carbocycles. The van der Waals surface area contributed by atoms with Gasteiger partial charge in [0, 0.05) is 17.3 Å². The van der Waals surface area contributed by atoms with E-state index >= 15 is 0 Å². The van der Waals surface area contributed by atoms with Crippen molar-refractivity contribution in [2.24, 2.45) is 0 Å². The molecule has 29 heavy (non-hydrogen) atoms. The van der Waals surface area contributed by atoms with Crippen molar-refractivity contribution in [1.29, 1.82) is 0 Å². The van der Waals surface area contributed by atoms with E-state index in [4.69, 9.17) is 4.74 Å². The fourth-order valence-electron chi connectivity index (χ4n) is 2.47. The molecule has 1 atom stereocenters. The van der Waals surface area contributed by atoms with E-state index in [-0.39, 0.29) is 10.8 Å². The van der Waals surface area contributed by atoms with Gasteiger partial charge in [-0.25, -0.2) is 13.4 Å². The molecule has 2 aromatic carbocycles. The number of anilines is 2. The van der Waals surface area contributed by atoms with Gasteiger partial charge in [0.1, 0.15) is 5.75 Å². The molecular formula is C20H21N3O4S2. The fraction of sp³-hybridized carbons (Fsp3) is 0.200. The van der Waals surface area contributed by atoms with E-state index in [9.17, 15) is 13.2 Å². The summed E-state index contributed by atoms with van der Waals surface area (Å²) >= 11 is 1.19. The van der Waals surface area contributed by atoms with Crippen molar-refractivity contribution in [3.63, 3.8) is 0 Å². The summed E-state index contributed by atoms with van der Waals surface area (Å²) in [6.45, 7) is 3.72. The van der Waals surface area contributed by atoms with Gasteiger partial charge in [0.15, 0.2) is 11.2 Å². The van der Waals surface area contributed by atoms with Crippen molar-refractivity contribution in [1.82, 2.24) is 4.98 Å². The summed E-state index contributed by atoms with van der Waals surface area (Å²) < 4.78 is 32.7. The van der Waals surface area contributed by atoms with Crippen LogP contribution in [-0.4, -0.2) is 25.4 Å². The first-order chi connectivity index (χ1) is 13.9. The van der Waals surface area contributed by atoms with E-state index in [0.29, 0.717) is 16.6 Å². The van der Waals surface area contributed by atoms with Crippen LogP contribution in [0, 0.1) is 0 Å². The molecule has 0 radical (unpaired) electrons. The third kappa shape index (κ3) is 5.55. The molecular weight excluding hydrogens is 410 g/mol. The fourth-order valence-corrected chi connectivity index (χ4v) is 4.26. The lowest BCUT2D eigenvalue weighted by Crippen LogP contribution is -2.30. The summed E-state index contributed by atoms with van der Waals surface area (Å²) in [7, 11) is -3.73. The number of carbonyl (C=O) groups is 1. The van der Waals surface area contributed by atoms with Gasteiger partial charge in [-0.2, -0.15) is 0 Å². The van der Waals surface area contributed by atoms with Crippen LogP contribution in [0.4, 0.5) is 10.8 Å². The summed E-state index contributed by atoms with van der Waals surface area (Å²) in [5.74, 6) is 0.278. The molecule has 0 unspecified atom stereocenters. The molecule has 9 heteroatoms. The molecule has 152 valence electrons. The predicted molar refractivity (Wildman–Crippen MR) is 114 cm³/mol. The molecule has 0 spiro atoms. The number of sulfonamides is 1. The Balaban J connectivity index is 1.60. The Morgan fingerprint density at radius 2 is 1.83 bits per heavy atom. The van der Waals surface area contributed by atoms with Gasteiger partial charge in [0.05, 0.1) is 4.90 Å². The summed E-state index contributed by atoms with van der Waals surface area (Å²) in [6.07, 6.45) is 1.74. The SMILES string of the molecule is CCc1ccc(O[C@H](C)C(=O)Nc2ccc(S(=O)(=O)Nc3nccs3)cc2)cc1. The minimum Gasteiger partial charge on any atom is -0.481 e. The maximum Gasteiger partial charge on any atom is 0.265 e. The molecule has 0 aliphatic heterocycles. The van der Waals surface area contributed by atoms with Crippen molar-refractivity contribution in [2.45, 2.75) is 31.3 Å². The second-order valence-electron chi connectivity index (χ2n) is 6.21. The number of thiazole rings is 1. The number of hydrogen-bond donors (Lipinski definition) is 2. The standard InChI is InChI=1S/C20H21N3O4S2/c1-3-15-4-8-17(9-5-15)27-14(2)19(24)22-16-6-10-18(11-7-16)29(25,26)23-20-21-12-13-28-20/h4-14H,3H2,1-2H3,(H,21,23)(H,22,24)/t14-/m1/s1. The van der Waals surface area contributed by atoms with Gasteiger partial charge in [-0.05, 0) is 55.3 Å². The zero-order valence-electron chi connectivity index (χ0n) is 16.0. The average Bonchev–Trinajstić information content (AvgIpc) is 3.21. The minimum absolute atomic E-state index is 0.0750. The van der Waals surface area contributed by atoms with Crippen molar-refractivity contribution in [3.8, 4) is 5.75 Å². The summed E-state index contributed by atoms with van der Waals surface area (Å²) in [5, 5.41) is 4.69. The number of nitrogens with zero attached hydrogens (tertiary/aromatic N) is 1. The highest BCUT2D eigenvalue weighted by molar-refractivity contribution is 7.93. The van der Waals surface area contributed by atoms with Crippen molar-refractivity contribution in [3.05, 3.63) is 65.7 Å². The van der Waals surface area contributed by atoms with Crippen molar-refractivity contribution in [2.75, 3.05) is 10.0 Å². The maximum atomic E-state index is 12.4. The first kappa shape index (κ1) is 20.8. The van der Waals surface area contributed by atoms with E-state index < -0.39 is 16.1 Å². The highest BCUT2D eigenvalue weighted by atomic mass is 32.2. The first-order valence-corrected chi connectivity index (χ1v) is 11.3. The molecule has 0 bridgehead atoms. The molecule has 0 saturated heterocycles. The number of ether oxygens (including phenoxy) is 1. The minimum atomic E-state index is -3.73. The van der Waals surface area contributed by atoms with Gasteiger partial charge in [-0.3, -0.25) is 9.52 Å². The van der Waals surface area contributed by atoms with Gasteiger partial charge in [0.2, 0.25) is 0 Å². The largest absolute Gasteiger partial charge is 0.481 e. The number of aromatic nitrogens is 1. The lowest BCUT2D eigenvalue weighted by molar-refractivity contribution is -0.122. The van der Waals surface area contributed by atoms with Crippen molar-refractivity contribution >= 4 is 38.1 Å². The molecule has 7 nitrogen and oxygen atoms in total. The maximum absolute atomic E-state index is 12.4. The third-order valence-corrected chi connectivity index (χ3v) is 6.27. The number of amides is 1. The van der Waals surface area contributed by atoms with Crippen molar-refractivity contribution < 1.29 is 17.9 Å². The van der Waals surface area contributed by atoms with Crippen LogP contribution in [0.25, 0.3) is 0 Å². The van der Waals surface area contributed by atoms with Gasteiger partial charge < -0.3 is 10.1 Å². The van der Waals surface area contributed by atoms with Gasteiger partial charge in [-0.15, -0.1) is 11.3 Å². The predicted octanol–water partition coefficient (Wildman–Crippen LogP) is 3.91. The Labute approximate surface area is 173 Å². The molecule has 1 aromatic heterocycles. The second kappa shape index (κ2) is 9.06. The molecule has 2 N–H and O–H groups in total. The Morgan fingerprint density at radius 1 is 1.14 bits per heavy atom. The summed E-state index contributed by atoms with van der Waals surface area (Å²) in [6, 6.07) is 13.5. The Hall–Kier alpha value is -2.91. The van der Waals surface area contributed by atoms with Crippen LogP contribution in [0.3, 0.4) is 0 Å². The second-order valence-corrected chi connectivity index (χ2v) is 8.79. The van der Waals surface area contributed by atoms with E-state index in [0.717, 1.165) is 6.42 Å². The van der Waals surface area contributed by atoms with E-state index in [2.05, 4.69) is 21.9 Å². The number of benzene rings is 2. The summed E-state index contributed by atoms with van der Waals surface area (Å²) in [5.41, 5.74) is 1.66. The van der Waals surface area contributed by atoms with Crippen LogP contribution in [-0.2, 0) is 21.2 Å². The first-order valence-electron chi connectivity index (χ1n) is 8.96. The zero-order valence-corrected chi connectivity index (χ0v) is 17.6. The topological polar surface area (TPSA) is 97.4 Å².